The number of rotatable bonds is 9. The van der Waals surface area contributed by atoms with E-state index >= 15 is 0 Å². The summed E-state index contributed by atoms with van der Waals surface area (Å²) in [7, 11) is 0. The van der Waals surface area contributed by atoms with Crippen LogP contribution < -0.4 is 10.1 Å². The Morgan fingerprint density at radius 2 is 2.17 bits per heavy atom. The summed E-state index contributed by atoms with van der Waals surface area (Å²) in [6.45, 7) is 3.62. The second kappa shape index (κ2) is 11.4. The van der Waals surface area contributed by atoms with Crippen LogP contribution in [0.15, 0.2) is 47.6 Å². The van der Waals surface area contributed by atoms with Crippen LogP contribution in [0.2, 0.25) is 0 Å². The maximum Gasteiger partial charge on any atom is 0.289 e. The van der Waals surface area contributed by atoms with E-state index in [1.807, 2.05) is 36.1 Å². The molecular weight excluding hydrogens is 442 g/mol. The fourth-order valence-corrected chi connectivity index (χ4v) is 4.64. The van der Waals surface area contributed by atoms with E-state index in [0.29, 0.717) is 29.6 Å². The zero-order chi connectivity index (χ0) is 24.6. The van der Waals surface area contributed by atoms with Gasteiger partial charge in [-0.1, -0.05) is 29.2 Å². The van der Waals surface area contributed by atoms with Gasteiger partial charge < -0.3 is 19.9 Å². The molecule has 1 amide bonds. The van der Waals surface area contributed by atoms with Crippen LogP contribution in [0.1, 0.15) is 48.8 Å². The van der Waals surface area contributed by atoms with Crippen LogP contribution in [0.5, 0.6) is 5.75 Å². The number of terminal acetylenes is 1. The molecule has 2 N–H and O–H groups in total. The highest BCUT2D eigenvalue weighted by atomic mass is 16.5. The summed E-state index contributed by atoms with van der Waals surface area (Å²) in [5.74, 6) is 3.43. The Morgan fingerprint density at radius 1 is 1.34 bits per heavy atom. The Kier molecular flexibility index (Phi) is 7.88. The largest absolute Gasteiger partial charge is 0.481 e. The zero-order valence-corrected chi connectivity index (χ0v) is 19.8. The Bertz CT molecular complexity index is 1250. The van der Waals surface area contributed by atoms with Crippen molar-refractivity contribution in [2.75, 3.05) is 13.2 Å². The molecule has 2 aromatic carbocycles. The molecule has 0 radical (unpaired) electrons. The predicted octanol–water partition coefficient (Wildman–Crippen LogP) is 5.08. The molecule has 3 aromatic rings. The fourth-order valence-electron chi connectivity index (χ4n) is 4.64. The van der Waals surface area contributed by atoms with Gasteiger partial charge in [0.1, 0.15) is 12.4 Å². The van der Waals surface area contributed by atoms with E-state index in [9.17, 15) is 4.79 Å². The standard InChI is InChI=1S/C26H29N7O2/c1-3-14-35-22-11-8-18(9-12-22)17-28-19-6-5-7-21(15-19)33(4-2)26(34)25-29-23-13-10-20(31-32-27)16-24(23)30-25/h1,8-13,16,19,21,28H,4-7,14-15,17H2,2H3,(H,29,30)/t19-,21+/m1/s1. The highest BCUT2D eigenvalue weighted by Crippen LogP contribution is 2.26. The zero-order valence-electron chi connectivity index (χ0n) is 19.8. The van der Waals surface area contributed by atoms with Crippen molar-refractivity contribution in [2.24, 2.45) is 5.11 Å². The molecule has 1 aliphatic carbocycles. The van der Waals surface area contributed by atoms with Gasteiger partial charge in [0, 0.05) is 35.8 Å². The first kappa shape index (κ1) is 24.1. The number of hydrogen-bond acceptors (Lipinski definition) is 5. The van der Waals surface area contributed by atoms with Crippen LogP contribution >= 0.6 is 0 Å². The molecule has 0 aliphatic heterocycles. The van der Waals surface area contributed by atoms with E-state index in [1.165, 1.54) is 5.56 Å². The van der Waals surface area contributed by atoms with Crippen molar-refractivity contribution in [3.8, 4) is 18.1 Å². The van der Waals surface area contributed by atoms with Gasteiger partial charge in [0.15, 0.2) is 5.82 Å². The van der Waals surface area contributed by atoms with Crippen molar-refractivity contribution in [3.63, 3.8) is 0 Å². The van der Waals surface area contributed by atoms with E-state index in [-0.39, 0.29) is 18.6 Å². The minimum absolute atomic E-state index is 0.109. The number of carbonyl (C=O) groups is 1. The minimum Gasteiger partial charge on any atom is -0.481 e. The Balaban J connectivity index is 1.38. The molecule has 180 valence electrons. The number of hydrogen-bond donors (Lipinski definition) is 2. The van der Waals surface area contributed by atoms with Crippen molar-refractivity contribution in [1.82, 2.24) is 20.2 Å². The maximum absolute atomic E-state index is 13.4. The molecule has 1 fully saturated rings. The number of H-pyrrole nitrogens is 1. The molecule has 0 unspecified atom stereocenters. The van der Waals surface area contributed by atoms with Gasteiger partial charge in [-0.15, -0.1) is 6.42 Å². The van der Waals surface area contributed by atoms with Crippen molar-refractivity contribution < 1.29 is 9.53 Å². The molecule has 0 spiro atoms. The number of aromatic amines is 1. The number of ether oxygens (including phenoxy) is 1. The summed E-state index contributed by atoms with van der Waals surface area (Å²) in [5.41, 5.74) is 11.6. The first-order valence-electron chi connectivity index (χ1n) is 11.9. The second-order valence-electron chi connectivity index (χ2n) is 8.60. The van der Waals surface area contributed by atoms with Gasteiger partial charge in [-0.3, -0.25) is 4.79 Å². The summed E-state index contributed by atoms with van der Waals surface area (Å²) in [4.78, 5) is 25.7. The van der Waals surface area contributed by atoms with Crippen LogP contribution in [-0.4, -0.2) is 46.0 Å². The number of amides is 1. The number of aromatic nitrogens is 2. The second-order valence-corrected chi connectivity index (χ2v) is 8.60. The molecule has 1 aromatic heterocycles. The average molecular weight is 472 g/mol. The topological polar surface area (TPSA) is 119 Å². The van der Waals surface area contributed by atoms with Gasteiger partial charge in [0.05, 0.1) is 11.0 Å². The molecule has 2 atom stereocenters. The first-order valence-corrected chi connectivity index (χ1v) is 11.9. The van der Waals surface area contributed by atoms with E-state index in [1.54, 1.807) is 18.2 Å². The molecule has 1 heterocycles. The molecule has 9 nitrogen and oxygen atoms in total. The van der Waals surface area contributed by atoms with E-state index < -0.39 is 0 Å². The van der Waals surface area contributed by atoms with E-state index in [0.717, 1.165) is 43.5 Å². The van der Waals surface area contributed by atoms with Crippen LogP contribution in [0.4, 0.5) is 5.69 Å². The molecule has 9 heteroatoms. The monoisotopic (exact) mass is 471 g/mol. The minimum atomic E-state index is -0.109. The van der Waals surface area contributed by atoms with Crippen LogP contribution in [-0.2, 0) is 6.54 Å². The molecule has 4 rings (SSSR count). The average Bonchev–Trinajstić information content (AvgIpc) is 3.31. The third-order valence-electron chi connectivity index (χ3n) is 6.36. The third kappa shape index (κ3) is 5.93. The number of fused-ring (bicyclic) bond motifs is 1. The van der Waals surface area contributed by atoms with Crippen molar-refractivity contribution in [3.05, 3.63) is 64.3 Å². The summed E-state index contributed by atoms with van der Waals surface area (Å²) < 4.78 is 5.43. The Labute approximate surface area is 204 Å². The predicted molar refractivity (Wildman–Crippen MR) is 135 cm³/mol. The molecular formula is C26H29N7O2. The van der Waals surface area contributed by atoms with Gasteiger partial charge in [0.25, 0.3) is 5.91 Å². The van der Waals surface area contributed by atoms with Crippen molar-refractivity contribution in [1.29, 1.82) is 0 Å². The maximum atomic E-state index is 13.4. The van der Waals surface area contributed by atoms with Crippen LogP contribution in [0.3, 0.4) is 0 Å². The number of carbonyl (C=O) groups excluding carboxylic acids is 1. The Hall–Kier alpha value is -3.99. The van der Waals surface area contributed by atoms with Gasteiger partial charge in [0.2, 0.25) is 0 Å². The van der Waals surface area contributed by atoms with Crippen LogP contribution in [0, 0.1) is 12.3 Å². The molecule has 1 saturated carbocycles. The summed E-state index contributed by atoms with van der Waals surface area (Å²) in [6.07, 6.45) is 9.24. The fraction of sp³-hybridized carbons (Fsp3) is 0.385. The lowest BCUT2D eigenvalue weighted by Crippen LogP contribution is -2.47. The molecule has 1 aliphatic rings. The lowest BCUT2D eigenvalue weighted by molar-refractivity contribution is 0.0617. The SMILES string of the molecule is C#CCOc1ccc(CN[C@@H]2CCC[C@H](N(CC)C(=O)c3nc4cc(N=[N+]=[N-])ccc4[nH]3)C2)cc1. The number of imidazole rings is 1. The smallest absolute Gasteiger partial charge is 0.289 e. The summed E-state index contributed by atoms with van der Waals surface area (Å²) in [5, 5.41) is 7.26. The summed E-state index contributed by atoms with van der Waals surface area (Å²) in [6, 6.07) is 13.5. The molecule has 0 saturated heterocycles. The number of benzene rings is 2. The van der Waals surface area contributed by atoms with Gasteiger partial charge in [-0.25, -0.2) is 4.98 Å². The quantitative estimate of drug-likeness (QED) is 0.196. The molecule has 0 bridgehead atoms. The highest BCUT2D eigenvalue weighted by Gasteiger charge is 2.30. The van der Waals surface area contributed by atoms with Gasteiger partial charge >= 0.3 is 0 Å². The number of nitrogens with one attached hydrogen (secondary N) is 2. The third-order valence-corrected chi connectivity index (χ3v) is 6.36. The van der Waals surface area contributed by atoms with E-state index in [2.05, 4.69) is 31.2 Å². The lowest BCUT2D eigenvalue weighted by Gasteiger charge is -2.37. The highest BCUT2D eigenvalue weighted by molar-refractivity contribution is 5.94. The van der Waals surface area contributed by atoms with Crippen molar-refractivity contribution in [2.45, 2.75) is 51.2 Å². The van der Waals surface area contributed by atoms with Gasteiger partial charge in [-0.2, -0.15) is 0 Å². The van der Waals surface area contributed by atoms with Crippen LogP contribution in [0.25, 0.3) is 21.5 Å². The van der Waals surface area contributed by atoms with Gasteiger partial charge in [-0.05, 0) is 68.0 Å². The summed E-state index contributed by atoms with van der Waals surface area (Å²) >= 11 is 0. The lowest BCUT2D eigenvalue weighted by atomic mass is 9.89. The normalized spacial score (nSPS) is 17.4. The first-order chi connectivity index (χ1) is 17.1. The Morgan fingerprint density at radius 3 is 2.91 bits per heavy atom. The molecule has 35 heavy (non-hydrogen) atoms. The van der Waals surface area contributed by atoms with Crippen molar-refractivity contribution >= 4 is 22.6 Å². The number of azide groups is 1. The number of nitrogens with zero attached hydrogens (tertiary/aromatic N) is 5. The van der Waals surface area contributed by atoms with E-state index in [4.69, 9.17) is 16.7 Å².